The number of rotatable bonds is 10. The van der Waals surface area contributed by atoms with Gasteiger partial charge in [-0.15, -0.1) is 11.3 Å². The van der Waals surface area contributed by atoms with Crippen LogP contribution in [0.1, 0.15) is 69.1 Å². The molecule has 3 aromatic rings. The summed E-state index contributed by atoms with van der Waals surface area (Å²) in [5.74, 6) is -0.0668. The lowest BCUT2D eigenvalue weighted by molar-refractivity contribution is 0.0456. The predicted molar refractivity (Wildman–Crippen MR) is 140 cm³/mol. The molecule has 0 saturated heterocycles. The van der Waals surface area contributed by atoms with E-state index in [-0.39, 0.29) is 29.9 Å². The number of amides is 1. The standard InChI is InChI=1S/C29H34N2O3S/c1-20-30-26(19-35-20)18-31(2)29(34)24-14-8-13-23(16-24)27(32)17-25(15-21-9-4-3-5-10-21)28(33)22-11-6-7-12-22/h3-5,8-10,13-14,16,19,22,25,28,33H,6-7,11-12,15,17-18H2,1-2H3/t25-,28-/m1/s1. The van der Waals surface area contributed by atoms with Crippen LogP contribution in [-0.2, 0) is 13.0 Å². The Morgan fingerprint density at radius 2 is 1.80 bits per heavy atom. The van der Waals surface area contributed by atoms with Gasteiger partial charge < -0.3 is 10.0 Å². The molecule has 0 spiro atoms. The largest absolute Gasteiger partial charge is 0.393 e. The maximum atomic E-state index is 13.4. The molecule has 35 heavy (non-hydrogen) atoms. The number of benzene rings is 2. The lowest BCUT2D eigenvalue weighted by atomic mass is 9.81. The van der Waals surface area contributed by atoms with Crippen molar-refractivity contribution in [2.24, 2.45) is 11.8 Å². The van der Waals surface area contributed by atoms with E-state index in [1.54, 1.807) is 47.5 Å². The van der Waals surface area contributed by atoms with Gasteiger partial charge in [-0.25, -0.2) is 4.98 Å². The van der Waals surface area contributed by atoms with E-state index in [4.69, 9.17) is 0 Å². The van der Waals surface area contributed by atoms with Crippen LogP contribution in [0.15, 0.2) is 60.0 Å². The molecule has 184 valence electrons. The Bertz CT molecular complexity index is 1140. The van der Waals surface area contributed by atoms with E-state index in [2.05, 4.69) is 17.1 Å². The predicted octanol–water partition coefficient (Wildman–Crippen LogP) is 5.71. The molecule has 2 aromatic carbocycles. The number of aromatic nitrogens is 1. The van der Waals surface area contributed by atoms with Crippen molar-refractivity contribution in [1.82, 2.24) is 9.88 Å². The smallest absolute Gasteiger partial charge is 0.253 e. The van der Waals surface area contributed by atoms with E-state index in [9.17, 15) is 14.7 Å². The highest BCUT2D eigenvalue weighted by Crippen LogP contribution is 2.33. The zero-order valence-corrected chi connectivity index (χ0v) is 21.3. The highest BCUT2D eigenvalue weighted by atomic mass is 32.1. The summed E-state index contributed by atoms with van der Waals surface area (Å²) in [6.07, 6.45) is 4.76. The van der Waals surface area contributed by atoms with Crippen molar-refractivity contribution in [3.05, 3.63) is 87.4 Å². The molecule has 0 aliphatic heterocycles. The van der Waals surface area contributed by atoms with Gasteiger partial charge in [0.2, 0.25) is 0 Å². The summed E-state index contributed by atoms with van der Waals surface area (Å²) in [6.45, 7) is 2.37. The summed E-state index contributed by atoms with van der Waals surface area (Å²) < 4.78 is 0. The van der Waals surface area contributed by atoms with Crippen LogP contribution < -0.4 is 0 Å². The molecule has 0 bridgehead atoms. The molecule has 0 unspecified atom stereocenters. The number of hydrogen-bond donors (Lipinski definition) is 1. The van der Waals surface area contributed by atoms with E-state index >= 15 is 0 Å². The summed E-state index contributed by atoms with van der Waals surface area (Å²) in [5, 5.41) is 14.1. The lowest BCUT2D eigenvalue weighted by Gasteiger charge is -2.27. The van der Waals surface area contributed by atoms with Crippen LogP contribution in [0, 0.1) is 18.8 Å². The van der Waals surface area contributed by atoms with Gasteiger partial charge in [-0.1, -0.05) is 55.3 Å². The molecule has 2 atom stereocenters. The average molecular weight is 491 g/mol. The summed E-state index contributed by atoms with van der Waals surface area (Å²) in [5.41, 5.74) is 3.00. The summed E-state index contributed by atoms with van der Waals surface area (Å²) >= 11 is 1.56. The normalized spacial score (nSPS) is 15.6. The van der Waals surface area contributed by atoms with Gasteiger partial charge in [-0.3, -0.25) is 9.59 Å². The first-order valence-electron chi connectivity index (χ1n) is 12.4. The second-order valence-electron chi connectivity index (χ2n) is 9.71. The number of aliphatic hydroxyl groups is 1. The highest BCUT2D eigenvalue weighted by Gasteiger charge is 2.31. The summed E-state index contributed by atoms with van der Waals surface area (Å²) in [6, 6.07) is 17.0. The van der Waals surface area contributed by atoms with Gasteiger partial charge in [-0.2, -0.15) is 0 Å². The van der Waals surface area contributed by atoms with Gasteiger partial charge in [-0.05, 0) is 55.7 Å². The zero-order valence-electron chi connectivity index (χ0n) is 20.5. The minimum atomic E-state index is -0.501. The van der Waals surface area contributed by atoms with Crippen molar-refractivity contribution in [2.45, 2.75) is 58.1 Å². The Morgan fingerprint density at radius 1 is 1.09 bits per heavy atom. The van der Waals surface area contributed by atoms with E-state index in [1.165, 1.54) is 0 Å². The van der Waals surface area contributed by atoms with Crippen LogP contribution in [0.5, 0.6) is 0 Å². The van der Waals surface area contributed by atoms with Crippen molar-refractivity contribution >= 4 is 23.0 Å². The Balaban J connectivity index is 1.47. The molecule has 1 fully saturated rings. The third kappa shape index (κ3) is 6.65. The summed E-state index contributed by atoms with van der Waals surface area (Å²) in [4.78, 5) is 32.4. The van der Waals surface area contributed by atoms with Crippen LogP contribution >= 0.6 is 11.3 Å². The molecule has 1 aromatic heterocycles. The maximum absolute atomic E-state index is 13.4. The highest BCUT2D eigenvalue weighted by molar-refractivity contribution is 7.09. The number of nitrogens with zero attached hydrogens (tertiary/aromatic N) is 2. The first-order valence-corrected chi connectivity index (χ1v) is 13.3. The minimum Gasteiger partial charge on any atom is -0.393 e. The van der Waals surface area contributed by atoms with Crippen LogP contribution in [0.3, 0.4) is 0 Å². The number of hydrogen-bond acceptors (Lipinski definition) is 5. The van der Waals surface area contributed by atoms with E-state index < -0.39 is 6.10 Å². The second-order valence-corrected chi connectivity index (χ2v) is 10.8. The van der Waals surface area contributed by atoms with Gasteiger partial charge in [0.15, 0.2) is 5.78 Å². The fourth-order valence-electron chi connectivity index (χ4n) is 5.11. The first kappa shape index (κ1) is 25.3. The van der Waals surface area contributed by atoms with Gasteiger partial charge >= 0.3 is 0 Å². The number of ketones is 1. The van der Waals surface area contributed by atoms with Gasteiger partial charge in [0, 0.05) is 30.0 Å². The number of thiazole rings is 1. The molecule has 4 rings (SSSR count). The van der Waals surface area contributed by atoms with Crippen molar-refractivity contribution in [3.63, 3.8) is 0 Å². The fourth-order valence-corrected chi connectivity index (χ4v) is 5.72. The molecule has 1 heterocycles. The average Bonchev–Trinajstić information content (AvgIpc) is 3.55. The number of carbonyl (C=O) groups is 2. The van der Waals surface area contributed by atoms with Crippen LogP contribution in [0.4, 0.5) is 0 Å². The van der Waals surface area contributed by atoms with Gasteiger partial charge in [0.25, 0.3) is 5.91 Å². The number of carbonyl (C=O) groups excluding carboxylic acids is 2. The Morgan fingerprint density at radius 3 is 2.49 bits per heavy atom. The van der Waals surface area contributed by atoms with Crippen molar-refractivity contribution in [1.29, 1.82) is 0 Å². The number of aryl methyl sites for hydroxylation is 1. The quantitative estimate of drug-likeness (QED) is 0.370. The molecular formula is C29H34N2O3S. The first-order chi connectivity index (χ1) is 16.9. The van der Waals surface area contributed by atoms with Crippen molar-refractivity contribution in [2.75, 3.05) is 7.05 Å². The van der Waals surface area contributed by atoms with Gasteiger partial charge in [0.05, 0.1) is 23.4 Å². The third-order valence-corrected chi connectivity index (χ3v) is 7.82. The lowest BCUT2D eigenvalue weighted by Crippen LogP contribution is -2.31. The molecular weight excluding hydrogens is 456 g/mol. The Hall–Kier alpha value is -2.83. The molecule has 0 radical (unpaired) electrons. The SMILES string of the molecule is Cc1nc(CN(C)C(=O)c2cccc(C(=O)C[C@@H](Cc3ccccc3)[C@H](O)C3CCCC3)c2)cs1. The Kier molecular flexibility index (Phi) is 8.47. The van der Waals surface area contributed by atoms with Gasteiger partial charge in [0.1, 0.15) is 0 Å². The monoisotopic (exact) mass is 490 g/mol. The van der Waals surface area contributed by atoms with Crippen LogP contribution in [0.2, 0.25) is 0 Å². The third-order valence-electron chi connectivity index (χ3n) is 7.00. The zero-order chi connectivity index (χ0) is 24.8. The minimum absolute atomic E-state index is 0.0320. The molecule has 1 aliphatic rings. The Labute approximate surface area is 211 Å². The molecule has 5 nitrogen and oxygen atoms in total. The number of aliphatic hydroxyl groups excluding tert-OH is 1. The maximum Gasteiger partial charge on any atom is 0.253 e. The second kappa shape index (κ2) is 11.7. The van der Waals surface area contributed by atoms with Crippen molar-refractivity contribution < 1.29 is 14.7 Å². The number of Topliss-reactive ketones (excluding diaryl/α,β-unsaturated/α-hetero) is 1. The van der Waals surface area contributed by atoms with E-state index in [0.717, 1.165) is 41.9 Å². The topological polar surface area (TPSA) is 70.5 Å². The fraction of sp³-hybridized carbons (Fsp3) is 0.414. The van der Waals surface area contributed by atoms with Crippen LogP contribution in [0.25, 0.3) is 0 Å². The van der Waals surface area contributed by atoms with E-state index in [1.807, 2.05) is 30.5 Å². The molecule has 1 amide bonds. The molecule has 1 saturated carbocycles. The summed E-state index contributed by atoms with van der Waals surface area (Å²) in [7, 11) is 1.75. The van der Waals surface area contributed by atoms with Crippen molar-refractivity contribution in [3.8, 4) is 0 Å². The molecule has 1 aliphatic carbocycles. The van der Waals surface area contributed by atoms with Crippen LogP contribution in [-0.4, -0.2) is 39.8 Å². The molecule has 6 heteroatoms. The molecule has 1 N–H and O–H groups in total. The van der Waals surface area contributed by atoms with E-state index in [0.29, 0.717) is 24.1 Å².